The van der Waals surface area contributed by atoms with Crippen LogP contribution >= 0.6 is 0 Å². The highest BCUT2D eigenvalue weighted by atomic mass is 19.2. The summed E-state index contributed by atoms with van der Waals surface area (Å²) in [5.41, 5.74) is 0.738. The van der Waals surface area contributed by atoms with Crippen LogP contribution in [0.3, 0.4) is 0 Å². The van der Waals surface area contributed by atoms with Gasteiger partial charge in [-0.25, -0.2) is 13.2 Å². The summed E-state index contributed by atoms with van der Waals surface area (Å²) in [6.45, 7) is 4.51. The summed E-state index contributed by atoms with van der Waals surface area (Å²) < 4.78 is 48.2. The lowest BCUT2D eigenvalue weighted by molar-refractivity contribution is 0.294. The zero-order chi connectivity index (χ0) is 18.2. The van der Waals surface area contributed by atoms with Gasteiger partial charge in [0.25, 0.3) is 0 Å². The Morgan fingerprint density at radius 1 is 0.840 bits per heavy atom. The molecule has 4 heteroatoms. The second-order valence-corrected chi connectivity index (χ2v) is 6.20. The van der Waals surface area contributed by atoms with Crippen molar-refractivity contribution in [3.8, 4) is 16.9 Å². The fourth-order valence-electron chi connectivity index (χ4n) is 2.68. The van der Waals surface area contributed by atoms with E-state index in [-0.39, 0.29) is 11.3 Å². The number of aryl methyl sites for hydroxylation is 1. The SMILES string of the molecule is CCCCCc1ccc(-c2ccc(OCCCC)c(F)c2)c(F)c1F. The van der Waals surface area contributed by atoms with E-state index >= 15 is 0 Å². The third kappa shape index (κ3) is 5.00. The van der Waals surface area contributed by atoms with Crippen LogP contribution in [0.25, 0.3) is 11.1 Å². The fourth-order valence-corrected chi connectivity index (χ4v) is 2.68. The molecule has 2 rings (SSSR count). The number of unbranched alkanes of at least 4 members (excludes halogenated alkanes) is 3. The molecule has 0 unspecified atom stereocenters. The van der Waals surface area contributed by atoms with Gasteiger partial charge >= 0.3 is 0 Å². The van der Waals surface area contributed by atoms with Crippen LogP contribution in [0.15, 0.2) is 30.3 Å². The topological polar surface area (TPSA) is 9.23 Å². The highest BCUT2D eigenvalue weighted by Gasteiger charge is 2.16. The molecular weight excluding hydrogens is 325 g/mol. The summed E-state index contributed by atoms with van der Waals surface area (Å²) >= 11 is 0. The van der Waals surface area contributed by atoms with E-state index in [0.717, 1.165) is 32.1 Å². The molecule has 1 nitrogen and oxygen atoms in total. The van der Waals surface area contributed by atoms with Gasteiger partial charge in [-0.05, 0) is 42.5 Å². The largest absolute Gasteiger partial charge is 0.491 e. The van der Waals surface area contributed by atoms with Gasteiger partial charge in [-0.2, -0.15) is 0 Å². The molecule has 0 bridgehead atoms. The summed E-state index contributed by atoms with van der Waals surface area (Å²) in [6.07, 6.45) is 5.12. The van der Waals surface area contributed by atoms with Gasteiger partial charge in [0.15, 0.2) is 23.2 Å². The molecule has 0 heterocycles. The Kier molecular flexibility index (Phi) is 7.35. The van der Waals surface area contributed by atoms with Crippen molar-refractivity contribution >= 4 is 0 Å². The number of benzene rings is 2. The lowest BCUT2D eigenvalue weighted by Gasteiger charge is -2.11. The number of hydrogen-bond acceptors (Lipinski definition) is 1. The third-order valence-corrected chi connectivity index (χ3v) is 4.21. The molecule has 136 valence electrons. The van der Waals surface area contributed by atoms with E-state index < -0.39 is 17.5 Å². The number of hydrogen-bond donors (Lipinski definition) is 0. The van der Waals surface area contributed by atoms with Crippen molar-refractivity contribution in [1.82, 2.24) is 0 Å². The van der Waals surface area contributed by atoms with Crippen LogP contribution in [-0.4, -0.2) is 6.61 Å². The molecule has 0 spiro atoms. The van der Waals surface area contributed by atoms with Crippen molar-refractivity contribution in [3.05, 3.63) is 53.3 Å². The molecule has 0 aliphatic heterocycles. The minimum Gasteiger partial charge on any atom is -0.491 e. The second-order valence-electron chi connectivity index (χ2n) is 6.20. The Hall–Kier alpha value is -1.97. The summed E-state index contributed by atoms with van der Waals surface area (Å²) in [6, 6.07) is 7.32. The zero-order valence-corrected chi connectivity index (χ0v) is 14.9. The molecule has 0 N–H and O–H groups in total. The first-order valence-electron chi connectivity index (χ1n) is 8.98. The van der Waals surface area contributed by atoms with Crippen molar-refractivity contribution < 1.29 is 17.9 Å². The van der Waals surface area contributed by atoms with Gasteiger partial charge < -0.3 is 4.74 Å². The normalized spacial score (nSPS) is 10.9. The molecule has 0 radical (unpaired) electrons. The van der Waals surface area contributed by atoms with Crippen molar-refractivity contribution in [3.63, 3.8) is 0 Å². The quantitative estimate of drug-likeness (QED) is 0.458. The Bertz CT molecular complexity index is 698. The van der Waals surface area contributed by atoms with Crippen LogP contribution in [-0.2, 0) is 6.42 Å². The number of ether oxygens (including phenoxy) is 1. The summed E-state index contributed by atoms with van der Waals surface area (Å²) in [4.78, 5) is 0. The molecule has 0 aromatic heterocycles. The van der Waals surface area contributed by atoms with Crippen molar-refractivity contribution in [2.45, 2.75) is 52.4 Å². The molecule has 0 fully saturated rings. The van der Waals surface area contributed by atoms with E-state index in [1.165, 1.54) is 18.2 Å². The van der Waals surface area contributed by atoms with Crippen molar-refractivity contribution in [2.75, 3.05) is 6.61 Å². The van der Waals surface area contributed by atoms with Gasteiger partial charge in [0.1, 0.15) is 0 Å². The molecular formula is C21H25F3O. The van der Waals surface area contributed by atoms with Crippen LogP contribution in [0.2, 0.25) is 0 Å². The minimum absolute atomic E-state index is 0.0655. The monoisotopic (exact) mass is 350 g/mol. The third-order valence-electron chi connectivity index (χ3n) is 4.21. The van der Waals surface area contributed by atoms with Crippen LogP contribution in [0, 0.1) is 17.5 Å². The zero-order valence-electron chi connectivity index (χ0n) is 14.9. The summed E-state index contributed by atoms with van der Waals surface area (Å²) in [7, 11) is 0. The standard InChI is InChI=1S/C21H25F3O/c1-3-5-7-8-15-9-11-17(21(24)20(15)23)16-10-12-19(18(22)14-16)25-13-6-4-2/h9-12,14H,3-8,13H2,1-2H3. The molecule has 0 aliphatic rings. The number of halogens is 3. The summed E-state index contributed by atoms with van der Waals surface area (Å²) in [5.74, 6) is -2.19. The molecule has 2 aromatic rings. The molecule has 0 saturated heterocycles. The Balaban J connectivity index is 2.20. The van der Waals surface area contributed by atoms with Gasteiger partial charge in [-0.15, -0.1) is 0 Å². The van der Waals surface area contributed by atoms with Gasteiger partial charge in [0.2, 0.25) is 0 Å². The minimum atomic E-state index is -0.923. The highest BCUT2D eigenvalue weighted by molar-refractivity contribution is 5.65. The van der Waals surface area contributed by atoms with Crippen LogP contribution in [0.4, 0.5) is 13.2 Å². The molecule has 0 aliphatic carbocycles. The fraction of sp³-hybridized carbons (Fsp3) is 0.429. The van der Waals surface area contributed by atoms with Gasteiger partial charge in [0, 0.05) is 5.56 Å². The Morgan fingerprint density at radius 2 is 1.60 bits per heavy atom. The molecule has 2 aromatic carbocycles. The van der Waals surface area contributed by atoms with Gasteiger partial charge in [-0.1, -0.05) is 51.3 Å². The van der Waals surface area contributed by atoms with Crippen molar-refractivity contribution in [2.24, 2.45) is 0 Å². The second kappa shape index (κ2) is 9.50. The lowest BCUT2D eigenvalue weighted by Crippen LogP contribution is -2.00. The maximum Gasteiger partial charge on any atom is 0.166 e. The Morgan fingerprint density at radius 3 is 2.28 bits per heavy atom. The Labute approximate surface area is 147 Å². The highest BCUT2D eigenvalue weighted by Crippen LogP contribution is 2.30. The van der Waals surface area contributed by atoms with E-state index in [2.05, 4.69) is 6.92 Å². The maximum absolute atomic E-state index is 14.4. The lowest BCUT2D eigenvalue weighted by atomic mass is 9.99. The average Bonchev–Trinajstić information content (AvgIpc) is 2.60. The molecule has 0 amide bonds. The maximum atomic E-state index is 14.4. The van der Waals surface area contributed by atoms with Crippen LogP contribution < -0.4 is 4.74 Å². The summed E-state index contributed by atoms with van der Waals surface area (Å²) in [5, 5.41) is 0. The molecule has 0 atom stereocenters. The van der Waals surface area contributed by atoms with E-state index in [9.17, 15) is 13.2 Å². The predicted octanol–water partition coefficient (Wildman–Crippen LogP) is 6.68. The van der Waals surface area contributed by atoms with E-state index in [1.54, 1.807) is 12.1 Å². The van der Waals surface area contributed by atoms with E-state index in [0.29, 0.717) is 24.2 Å². The van der Waals surface area contributed by atoms with Gasteiger partial charge in [0.05, 0.1) is 6.61 Å². The predicted molar refractivity (Wildman–Crippen MR) is 95.4 cm³/mol. The van der Waals surface area contributed by atoms with E-state index in [4.69, 9.17) is 4.74 Å². The van der Waals surface area contributed by atoms with Crippen molar-refractivity contribution in [1.29, 1.82) is 0 Å². The van der Waals surface area contributed by atoms with Crippen LogP contribution in [0.5, 0.6) is 5.75 Å². The van der Waals surface area contributed by atoms with Crippen LogP contribution in [0.1, 0.15) is 51.5 Å². The first-order valence-corrected chi connectivity index (χ1v) is 8.98. The smallest absolute Gasteiger partial charge is 0.166 e. The number of rotatable bonds is 9. The van der Waals surface area contributed by atoms with Gasteiger partial charge in [-0.3, -0.25) is 0 Å². The molecule has 25 heavy (non-hydrogen) atoms. The van der Waals surface area contributed by atoms with E-state index in [1.807, 2.05) is 6.92 Å². The first kappa shape index (κ1) is 19.4. The first-order chi connectivity index (χ1) is 12.1. The average molecular weight is 350 g/mol. The molecule has 0 saturated carbocycles.